The predicted molar refractivity (Wildman–Crippen MR) is 151 cm³/mol. The molecular weight excluding hydrogens is 544 g/mol. The molecule has 0 saturated heterocycles. The number of nitrogens with one attached hydrogen (secondary N) is 2. The second-order valence-electron chi connectivity index (χ2n) is 11.5. The van der Waals surface area contributed by atoms with Crippen LogP contribution in [0.25, 0.3) is 0 Å². The quantitative estimate of drug-likeness (QED) is 0.297. The third-order valence-electron chi connectivity index (χ3n) is 7.82. The zero-order chi connectivity index (χ0) is 27.3. The monoisotopic (exact) mass is 582 g/mol. The summed E-state index contributed by atoms with van der Waals surface area (Å²) in [5.41, 5.74) is 3.17. The van der Waals surface area contributed by atoms with Gasteiger partial charge in [0.15, 0.2) is 5.82 Å². The van der Waals surface area contributed by atoms with Crippen molar-refractivity contribution in [2.45, 2.75) is 84.5 Å². The molecule has 2 amide bonds. The molecule has 1 heterocycles. The van der Waals surface area contributed by atoms with Crippen molar-refractivity contribution >= 4 is 22.0 Å². The van der Waals surface area contributed by atoms with Crippen LogP contribution in [0.4, 0.5) is 4.79 Å². The van der Waals surface area contributed by atoms with E-state index in [4.69, 9.17) is 0 Å². The van der Waals surface area contributed by atoms with Crippen molar-refractivity contribution in [3.63, 3.8) is 0 Å². The van der Waals surface area contributed by atoms with E-state index in [1.165, 1.54) is 0 Å². The van der Waals surface area contributed by atoms with Gasteiger partial charge in [0.1, 0.15) is 0 Å². The molecule has 0 radical (unpaired) electrons. The van der Waals surface area contributed by atoms with E-state index in [1.807, 2.05) is 60.4 Å². The van der Waals surface area contributed by atoms with Crippen molar-refractivity contribution in [2.75, 3.05) is 0 Å². The number of aromatic amines is 1. The van der Waals surface area contributed by atoms with Crippen LogP contribution < -0.4 is 5.32 Å². The first kappa shape index (κ1) is 28.2. The molecule has 1 aliphatic rings. The van der Waals surface area contributed by atoms with Crippen LogP contribution in [0.2, 0.25) is 0 Å². The number of amides is 2. The van der Waals surface area contributed by atoms with Crippen LogP contribution >= 0.6 is 15.9 Å². The highest BCUT2D eigenvalue weighted by atomic mass is 79.9. The molecule has 204 valence electrons. The Morgan fingerprint density at radius 3 is 2.29 bits per heavy atom. The van der Waals surface area contributed by atoms with E-state index >= 15 is 0 Å². The molecule has 0 aliphatic heterocycles. The minimum absolute atomic E-state index is 0.0409. The lowest BCUT2D eigenvalue weighted by Gasteiger charge is -2.41. The molecule has 1 saturated carbocycles. The standard InChI is InChI=1S/C29H39BrN6O2/c1-19(21-9-13-24(30)14-10-21)31-28(38)36(25-15-11-23(12-16-25)29(2,3)4)18-20-5-7-22(8-6-20)26(37)17-27-32-34-35-33-27/h5-10,13-14,19,23,25-26,37H,11-12,15-18H2,1-4H3,(H,31,38)(H,32,33,34,35)/t19-,23?,25?,26+/m1/s1. The molecule has 8 nitrogen and oxygen atoms in total. The predicted octanol–water partition coefficient (Wildman–Crippen LogP) is 6.12. The Hall–Kier alpha value is -2.78. The normalized spacial score (nSPS) is 19.5. The van der Waals surface area contributed by atoms with E-state index in [9.17, 15) is 9.90 Å². The molecule has 0 unspecified atom stereocenters. The summed E-state index contributed by atoms with van der Waals surface area (Å²) in [6, 6.07) is 15.9. The number of halogens is 1. The van der Waals surface area contributed by atoms with Gasteiger partial charge in [0.2, 0.25) is 0 Å². The zero-order valence-electron chi connectivity index (χ0n) is 22.7. The van der Waals surface area contributed by atoms with E-state index in [0.717, 1.165) is 46.8 Å². The van der Waals surface area contributed by atoms with Crippen LogP contribution in [-0.2, 0) is 13.0 Å². The summed E-state index contributed by atoms with van der Waals surface area (Å²) in [6.07, 6.45) is 3.83. The summed E-state index contributed by atoms with van der Waals surface area (Å²) in [7, 11) is 0. The Balaban J connectivity index is 1.47. The Kier molecular flexibility index (Phi) is 9.20. The first-order valence-electron chi connectivity index (χ1n) is 13.4. The smallest absolute Gasteiger partial charge is 0.318 e. The molecule has 4 rings (SSSR count). The number of tetrazole rings is 1. The van der Waals surface area contributed by atoms with Gasteiger partial charge < -0.3 is 15.3 Å². The lowest BCUT2D eigenvalue weighted by molar-refractivity contribution is 0.103. The summed E-state index contributed by atoms with van der Waals surface area (Å²) >= 11 is 3.48. The van der Waals surface area contributed by atoms with Crippen molar-refractivity contribution in [1.29, 1.82) is 0 Å². The average Bonchev–Trinajstić information content (AvgIpc) is 3.40. The number of aromatic nitrogens is 4. The van der Waals surface area contributed by atoms with Crippen LogP contribution in [0.15, 0.2) is 53.0 Å². The van der Waals surface area contributed by atoms with Gasteiger partial charge in [-0.3, -0.25) is 0 Å². The van der Waals surface area contributed by atoms with Crippen molar-refractivity contribution in [1.82, 2.24) is 30.8 Å². The van der Waals surface area contributed by atoms with Crippen LogP contribution in [0.3, 0.4) is 0 Å². The molecule has 9 heteroatoms. The van der Waals surface area contributed by atoms with Crippen molar-refractivity contribution in [2.24, 2.45) is 11.3 Å². The highest BCUT2D eigenvalue weighted by molar-refractivity contribution is 9.10. The van der Waals surface area contributed by atoms with Crippen LogP contribution in [0.5, 0.6) is 0 Å². The molecule has 1 fully saturated rings. The van der Waals surface area contributed by atoms with Crippen molar-refractivity contribution < 1.29 is 9.90 Å². The summed E-state index contributed by atoms with van der Waals surface area (Å²) in [5.74, 6) is 1.14. The number of rotatable bonds is 8. The van der Waals surface area contributed by atoms with Gasteiger partial charge in [0, 0.05) is 23.5 Å². The number of aliphatic hydroxyl groups is 1. The van der Waals surface area contributed by atoms with E-state index in [-0.39, 0.29) is 30.0 Å². The third-order valence-corrected chi connectivity index (χ3v) is 8.34. The lowest BCUT2D eigenvalue weighted by atomic mass is 9.71. The number of aliphatic hydroxyl groups excluding tert-OH is 1. The van der Waals surface area contributed by atoms with Crippen molar-refractivity contribution in [3.05, 3.63) is 75.5 Å². The summed E-state index contributed by atoms with van der Waals surface area (Å²) < 4.78 is 1.02. The highest BCUT2D eigenvalue weighted by Gasteiger charge is 2.34. The molecule has 2 atom stereocenters. The highest BCUT2D eigenvalue weighted by Crippen LogP contribution is 2.39. The summed E-state index contributed by atoms with van der Waals surface area (Å²) in [5, 5.41) is 27.6. The Morgan fingerprint density at radius 2 is 1.71 bits per heavy atom. The van der Waals surface area contributed by atoms with Gasteiger partial charge in [-0.25, -0.2) is 4.79 Å². The minimum Gasteiger partial charge on any atom is -0.388 e. The summed E-state index contributed by atoms with van der Waals surface area (Å²) in [4.78, 5) is 15.7. The number of urea groups is 1. The van der Waals surface area contributed by atoms with Gasteiger partial charge in [-0.1, -0.05) is 78.3 Å². The van der Waals surface area contributed by atoms with E-state index in [1.54, 1.807) is 0 Å². The fourth-order valence-electron chi connectivity index (χ4n) is 5.32. The van der Waals surface area contributed by atoms with Gasteiger partial charge in [-0.15, -0.1) is 10.2 Å². The van der Waals surface area contributed by atoms with Gasteiger partial charge in [0.25, 0.3) is 0 Å². The maximum Gasteiger partial charge on any atom is 0.318 e. The molecule has 0 spiro atoms. The maximum absolute atomic E-state index is 13.7. The van der Waals surface area contributed by atoms with Gasteiger partial charge in [0.05, 0.1) is 12.1 Å². The number of nitrogens with zero attached hydrogens (tertiary/aromatic N) is 4. The van der Waals surface area contributed by atoms with Gasteiger partial charge in [-0.05, 0) is 72.8 Å². The second-order valence-corrected chi connectivity index (χ2v) is 12.4. The Morgan fingerprint density at radius 1 is 1.08 bits per heavy atom. The zero-order valence-corrected chi connectivity index (χ0v) is 24.3. The lowest BCUT2D eigenvalue weighted by Crippen LogP contribution is -2.48. The largest absolute Gasteiger partial charge is 0.388 e. The Bertz CT molecular complexity index is 1150. The molecular formula is C29H39BrN6O2. The average molecular weight is 584 g/mol. The fraction of sp³-hybridized carbons (Fsp3) is 0.517. The topological polar surface area (TPSA) is 107 Å². The van der Waals surface area contributed by atoms with Crippen LogP contribution in [0.1, 0.15) is 88.0 Å². The first-order valence-corrected chi connectivity index (χ1v) is 14.2. The van der Waals surface area contributed by atoms with Crippen LogP contribution in [-0.4, -0.2) is 42.7 Å². The number of H-pyrrole nitrogens is 1. The first-order chi connectivity index (χ1) is 18.1. The number of carbonyl (C=O) groups is 1. The molecule has 0 bridgehead atoms. The molecule has 3 N–H and O–H groups in total. The van der Waals surface area contributed by atoms with Gasteiger partial charge in [-0.2, -0.15) is 5.21 Å². The van der Waals surface area contributed by atoms with Crippen molar-refractivity contribution in [3.8, 4) is 0 Å². The fourth-order valence-corrected chi connectivity index (χ4v) is 5.59. The van der Waals surface area contributed by atoms with Gasteiger partial charge >= 0.3 is 6.03 Å². The molecule has 1 aliphatic carbocycles. The second kappa shape index (κ2) is 12.4. The third kappa shape index (κ3) is 7.41. The minimum atomic E-state index is -0.722. The van der Waals surface area contributed by atoms with E-state index in [2.05, 4.69) is 62.6 Å². The summed E-state index contributed by atoms with van der Waals surface area (Å²) in [6.45, 7) is 9.49. The van der Waals surface area contributed by atoms with Crippen LogP contribution in [0, 0.1) is 11.3 Å². The molecule has 38 heavy (non-hydrogen) atoms. The Labute approximate surface area is 233 Å². The SMILES string of the molecule is C[C@@H](NC(=O)N(Cc1ccc([C@@H](O)Cc2nn[nH]n2)cc1)C1CCC(C(C)(C)C)CC1)c1ccc(Br)cc1. The number of carbonyl (C=O) groups excluding carboxylic acids is 1. The molecule has 1 aromatic heterocycles. The van der Waals surface area contributed by atoms with E-state index < -0.39 is 6.10 Å². The molecule has 2 aromatic carbocycles. The molecule has 3 aromatic rings. The number of hydrogen-bond donors (Lipinski definition) is 3. The van der Waals surface area contributed by atoms with E-state index in [0.29, 0.717) is 18.3 Å². The number of hydrogen-bond acceptors (Lipinski definition) is 5. The maximum atomic E-state index is 13.7. The number of benzene rings is 2.